The van der Waals surface area contributed by atoms with Crippen molar-refractivity contribution in [3.8, 4) is 0 Å². The minimum absolute atomic E-state index is 0.0716. The summed E-state index contributed by atoms with van der Waals surface area (Å²) in [6.45, 7) is 11.6. The van der Waals surface area contributed by atoms with E-state index < -0.39 is 6.04 Å². The quantitative estimate of drug-likeness (QED) is 0.617. The van der Waals surface area contributed by atoms with Gasteiger partial charge in [-0.25, -0.2) is 0 Å². The Bertz CT molecular complexity index is 464. The van der Waals surface area contributed by atoms with Crippen LogP contribution < -0.4 is 5.73 Å². The van der Waals surface area contributed by atoms with Crippen LogP contribution in [0.15, 0.2) is 29.4 Å². The van der Waals surface area contributed by atoms with E-state index in [4.69, 9.17) is 10.6 Å². The van der Waals surface area contributed by atoms with Crippen LogP contribution in [0.4, 0.5) is 0 Å². The number of Topliss-reactive ketones (excluding diaryl/α,β-unsaturated/α-hetero) is 1. The molecule has 22 heavy (non-hydrogen) atoms. The topological polar surface area (TPSA) is 64.7 Å². The highest BCUT2D eigenvalue weighted by Gasteiger charge is 2.11. The molecule has 0 aliphatic carbocycles. The highest BCUT2D eigenvalue weighted by atomic mass is 16.6. The highest BCUT2D eigenvalue weighted by molar-refractivity contribution is 5.98. The number of ketones is 1. The molecule has 0 saturated heterocycles. The van der Waals surface area contributed by atoms with E-state index in [1.807, 2.05) is 65.8 Å². The van der Waals surface area contributed by atoms with E-state index in [2.05, 4.69) is 5.16 Å². The molecule has 2 N–H and O–H groups in total. The van der Waals surface area contributed by atoms with E-state index in [0.29, 0.717) is 12.8 Å². The van der Waals surface area contributed by atoms with Gasteiger partial charge in [-0.05, 0) is 38.3 Å². The summed E-state index contributed by atoms with van der Waals surface area (Å²) in [5.74, 6) is 0.0946. The zero-order valence-electron chi connectivity index (χ0n) is 14.7. The lowest BCUT2D eigenvalue weighted by Gasteiger charge is -2.10. The Labute approximate surface area is 134 Å². The van der Waals surface area contributed by atoms with E-state index >= 15 is 0 Å². The molecule has 0 aliphatic heterocycles. The maximum Gasteiger partial charge on any atom is 0.149 e. The van der Waals surface area contributed by atoms with Crippen LogP contribution in [0.25, 0.3) is 0 Å². The SMILES string of the molecule is CC.CCC(=O)C(N)Cc1ccc(/C(C)=N\OC(C)C)cc1. The van der Waals surface area contributed by atoms with Crippen molar-refractivity contribution in [2.24, 2.45) is 10.9 Å². The maximum atomic E-state index is 11.5. The van der Waals surface area contributed by atoms with Gasteiger partial charge in [0.05, 0.1) is 11.8 Å². The fourth-order valence-electron chi connectivity index (χ4n) is 1.75. The molecule has 0 radical (unpaired) electrons. The first-order chi connectivity index (χ1) is 10.4. The number of oxime groups is 1. The molecule has 0 fully saturated rings. The van der Waals surface area contributed by atoms with Crippen molar-refractivity contribution >= 4 is 11.5 Å². The van der Waals surface area contributed by atoms with Gasteiger partial charge in [0, 0.05) is 6.42 Å². The van der Waals surface area contributed by atoms with Crippen LogP contribution in [-0.4, -0.2) is 23.6 Å². The molecule has 1 aromatic carbocycles. The van der Waals surface area contributed by atoms with Crippen LogP contribution in [0, 0.1) is 0 Å². The second-order valence-corrected chi connectivity index (χ2v) is 5.16. The molecule has 1 aromatic rings. The third-order valence-corrected chi connectivity index (χ3v) is 2.99. The molecule has 124 valence electrons. The summed E-state index contributed by atoms with van der Waals surface area (Å²) < 4.78 is 0. The molecular weight excluding hydrogens is 276 g/mol. The summed E-state index contributed by atoms with van der Waals surface area (Å²) in [6, 6.07) is 7.49. The molecule has 4 nitrogen and oxygen atoms in total. The van der Waals surface area contributed by atoms with Crippen LogP contribution in [0.2, 0.25) is 0 Å². The van der Waals surface area contributed by atoms with Crippen LogP contribution in [0.5, 0.6) is 0 Å². The Balaban J connectivity index is 0.00000211. The zero-order chi connectivity index (χ0) is 17.1. The fraction of sp³-hybridized carbons (Fsp3) is 0.556. The minimum Gasteiger partial charge on any atom is -0.393 e. The van der Waals surface area contributed by atoms with Crippen LogP contribution in [0.1, 0.15) is 59.1 Å². The zero-order valence-corrected chi connectivity index (χ0v) is 14.7. The third-order valence-electron chi connectivity index (χ3n) is 2.99. The van der Waals surface area contributed by atoms with Crippen molar-refractivity contribution in [1.82, 2.24) is 0 Å². The second-order valence-electron chi connectivity index (χ2n) is 5.16. The van der Waals surface area contributed by atoms with Crippen LogP contribution in [-0.2, 0) is 16.1 Å². The number of benzene rings is 1. The number of carbonyl (C=O) groups is 1. The van der Waals surface area contributed by atoms with Gasteiger partial charge in [0.2, 0.25) is 0 Å². The van der Waals surface area contributed by atoms with Gasteiger partial charge in [0.25, 0.3) is 0 Å². The van der Waals surface area contributed by atoms with Crippen molar-refractivity contribution < 1.29 is 9.63 Å². The van der Waals surface area contributed by atoms with E-state index in [1.54, 1.807) is 0 Å². The predicted octanol–water partition coefficient (Wildman–Crippen LogP) is 3.71. The Kier molecular flexibility index (Phi) is 10.1. The number of rotatable bonds is 7. The molecule has 1 atom stereocenters. The average molecular weight is 306 g/mol. The molecule has 1 unspecified atom stereocenters. The lowest BCUT2D eigenvalue weighted by molar-refractivity contribution is -0.119. The van der Waals surface area contributed by atoms with Gasteiger partial charge in [0.1, 0.15) is 11.9 Å². The predicted molar refractivity (Wildman–Crippen MR) is 93.2 cm³/mol. The van der Waals surface area contributed by atoms with Crippen molar-refractivity contribution in [3.05, 3.63) is 35.4 Å². The molecule has 0 heterocycles. The number of nitrogens with two attached hydrogens (primary N) is 1. The van der Waals surface area contributed by atoms with Gasteiger partial charge in [-0.3, -0.25) is 4.79 Å². The van der Waals surface area contributed by atoms with Gasteiger partial charge in [0.15, 0.2) is 0 Å². The van der Waals surface area contributed by atoms with E-state index in [9.17, 15) is 4.79 Å². The molecular formula is C18H30N2O2. The van der Waals surface area contributed by atoms with E-state index in [-0.39, 0.29) is 11.9 Å². The lowest BCUT2D eigenvalue weighted by Crippen LogP contribution is -2.32. The lowest BCUT2D eigenvalue weighted by atomic mass is 10.00. The second kappa shape index (κ2) is 11.0. The van der Waals surface area contributed by atoms with Crippen molar-refractivity contribution in [2.75, 3.05) is 0 Å². The molecule has 0 spiro atoms. The van der Waals surface area contributed by atoms with E-state index in [0.717, 1.165) is 16.8 Å². The first kappa shape index (κ1) is 20.3. The number of carbonyl (C=O) groups excluding carboxylic acids is 1. The first-order valence-corrected chi connectivity index (χ1v) is 8.02. The Morgan fingerprint density at radius 3 is 2.23 bits per heavy atom. The molecule has 0 amide bonds. The third kappa shape index (κ3) is 7.36. The monoisotopic (exact) mass is 306 g/mol. The van der Waals surface area contributed by atoms with Gasteiger partial charge in [-0.1, -0.05) is 50.2 Å². The molecule has 0 saturated carbocycles. The van der Waals surface area contributed by atoms with Gasteiger partial charge < -0.3 is 10.6 Å². The minimum atomic E-state index is -0.412. The van der Waals surface area contributed by atoms with Crippen LogP contribution >= 0.6 is 0 Å². The number of nitrogens with zero attached hydrogens (tertiary/aromatic N) is 1. The Morgan fingerprint density at radius 2 is 1.77 bits per heavy atom. The molecule has 0 aromatic heterocycles. The van der Waals surface area contributed by atoms with Crippen molar-refractivity contribution in [3.63, 3.8) is 0 Å². The Hall–Kier alpha value is -1.68. The number of hydrogen-bond donors (Lipinski definition) is 1. The average Bonchev–Trinajstić information content (AvgIpc) is 2.54. The smallest absolute Gasteiger partial charge is 0.149 e. The van der Waals surface area contributed by atoms with Gasteiger partial charge in [-0.15, -0.1) is 0 Å². The molecule has 0 bridgehead atoms. The van der Waals surface area contributed by atoms with Crippen LogP contribution in [0.3, 0.4) is 0 Å². The van der Waals surface area contributed by atoms with Crippen molar-refractivity contribution in [1.29, 1.82) is 0 Å². The van der Waals surface area contributed by atoms with Gasteiger partial charge in [-0.2, -0.15) is 0 Å². The summed E-state index contributed by atoms with van der Waals surface area (Å²) in [5.41, 5.74) is 8.74. The molecule has 1 rings (SSSR count). The molecule has 4 heteroatoms. The normalized spacial score (nSPS) is 12.5. The summed E-state index contributed by atoms with van der Waals surface area (Å²) in [5, 5.41) is 4.06. The fourth-order valence-corrected chi connectivity index (χ4v) is 1.75. The van der Waals surface area contributed by atoms with E-state index in [1.165, 1.54) is 0 Å². The summed E-state index contributed by atoms with van der Waals surface area (Å²) >= 11 is 0. The highest BCUT2D eigenvalue weighted by Crippen LogP contribution is 2.09. The van der Waals surface area contributed by atoms with Crippen molar-refractivity contribution in [2.45, 2.75) is 66.5 Å². The summed E-state index contributed by atoms with van der Waals surface area (Å²) in [7, 11) is 0. The number of hydrogen-bond acceptors (Lipinski definition) is 4. The summed E-state index contributed by atoms with van der Waals surface area (Å²) in [4.78, 5) is 16.7. The maximum absolute atomic E-state index is 11.5. The Morgan fingerprint density at radius 1 is 1.23 bits per heavy atom. The standard InChI is InChI=1S/C16H24N2O2.C2H6/c1-5-16(19)15(17)10-13-6-8-14(9-7-13)12(4)18-20-11(2)3;1-2/h6-9,11,15H,5,10,17H2,1-4H3;1-2H3/b18-12-;. The summed E-state index contributed by atoms with van der Waals surface area (Å²) in [6.07, 6.45) is 1.13. The van der Waals surface area contributed by atoms with Gasteiger partial charge >= 0.3 is 0 Å². The molecule has 0 aliphatic rings. The largest absolute Gasteiger partial charge is 0.393 e. The first-order valence-electron chi connectivity index (χ1n) is 8.02.